The van der Waals surface area contributed by atoms with Crippen molar-refractivity contribution >= 4 is 11.3 Å². The van der Waals surface area contributed by atoms with Crippen LogP contribution in [0.3, 0.4) is 0 Å². The minimum atomic E-state index is 1.18. The Morgan fingerprint density at radius 2 is 1.93 bits per heavy atom. The normalized spacial score (nSPS) is 10.7. The zero-order chi connectivity index (χ0) is 10.1. The second kappa shape index (κ2) is 3.52. The molecule has 0 unspecified atom stereocenters. The van der Waals surface area contributed by atoms with E-state index in [1.165, 1.54) is 21.6 Å². The van der Waals surface area contributed by atoms with Gasteiger partial charge in [-0.3, -0.25) is 0 Å². The molecule has 0 spiro atoms. The van der Waals surface area contributed by atoms with Gasteiger partial charge in [0.25, 0.3) is 0 Å². The summed E-state index contributed by atoms with van der Waals surface area (Å²) in [4.78, 5) is 1.35. The number of rotatable bonds is 1. The molecule has 0 atom stereocenters. The molecule has 15 heavy (non-hydrogen) atoms. The van der Waals surface area contributed by atoms with Crippen molar-refractivity contribution in [3.63, 3.8) is 0 Å². The van der Waals surface area contributed by atoms with Crippen molar-refractivity contribution in [1.29, 1.82) is 0 Å². The van der Waals surface area contributed by atoms with E-state index in [0.717, 1.165) is 0 Å². The Bertz CT molecular complexity index is 536. The zero-order valence-electron chi connectivity index (χ0n) is 8.10. The van der Waals surface area contributed by atoms with E-state index in [-0.39, 0.29) is 0 Å². The lowest BCUT2D eigenvalue weighted by molar-refractivity contribution is 1.67. The summed E-state index contributed by atoms with van der Waals surface area (Å²) in [6, 6.07) is 20.0. The highest BCUT2D eigenvalue weighted by molar-refractivity contribution is 7.13. The third-order valence-corrected chi connectivity index (χ3v) is 3.46. The van der Waals surface area contributed by atoms with Gasteiger partial charge >= 0.3 is 0 Å². The first-order valence-corrected chi connectivity index (χ1v) is 5.76. The van der Waals surface area contributed by atoms with Gasteiger partial charge in [0.1, 0.15) is 0 Å². The number of fused-ring (bicyclic) bond motifs is 1. The number of hydrogen-bond acceptors (Lipinski definition) is 1. The van der Waals surface area contributed by atoms with Crippen molar-refractivity contribution in [3.8, 4) is 21.6 Å². The van der Waals surface area contributed by atoms with E-state index in [1.807, 2.05) is 12.1 Å². The highest BCUT2D eigenvalue weighted by Gasteiger charge is 2.10. The van der Waals surface area contributed by atoms with Crippen LogP contribution in [0.25, 0.3) is 21.6 Å². The van der Waals surface area contributed by atoms with E-state index >= 15 is 0 Å². The largest absolute Gasteiger partial charge is 0.143 e. The van der Waals surface area contributed by atoms with Crippen LogP contribution in [0, 0.1) is 6.07 Å². The quantitative estimate of drug-likeness (QED) is 0.560. The van der Waals surface area contributed by atoms with Gasteiger partial charge in [0, 0.05) is 10.4 Å². The fraction of sp³-hybridized carbons (Fsp3) is 0. The lowest BCUT2D eigenvalue weighted by Gasteiger charge is -2.02. The van der Waals surface area contributed by atoms with Gasteiger partial charge in [0.2, 0.25) is 0 Å². The third kappa shape index (κ3) is 1.45. The standard InChI is InChI=1S/C14H9S/c1-2-5-11(6-3-1)13-9-8-12-7-4-10-15-14(12)13/h1-5,7-10H. The van der Waals surface area contributed by atoms with Crippen molar-refractivity contribution in [2.24, 2.45) is 0 Å². The average molecular weight is 209 g/mol. The van der Waals surface area contributed by atoms with E-state index in [1.54, 1.807) is 11.3 Å². The summed E-state index contributed by atoms with van der Waals surface area (Å²) < 4.78 is 0. The van der Waals surface area contributed by atoms with Crippen molar-refractivity contribution in [2.45, 2.75) is 0 Å². The summed E-state index contributed by atoms with van der Waals surface area (Å²) in [6.07, 6.45) is 0. The monoisotopic (exact) mass is 209 g/mol. The highest BCUT2D eigenvalue weighted by atomic mass is 32.1. The smallest absolute Gasteiger partial charge is 0.0421 e. The Balaban J connectivity index is 2.22. The van der Waals surface area contributed by atoms with Gasteiger partial charge in [0.05, 0.1) is 0 Å². The van der Waals surface area contributed by atoms with E-state index in [4.69, 9.17) is 0 Å². The van der Waals surface area contributed by atoms with Crippen LogP contribution in [0.1, 0.15) is 0 Å². The molecule has 71 valence electrons. The predicted molar refractivity (Wildman–Crippen MR) is 65.2 cm³/mol. The lowest BCUT2D eigenvalue weighted by atomic mass is 10.1. The Labute approximate surface area is 93.2 Å². The Morgan fingerprint density at radius 1 is 0.933 bits per heavy atom. The van der Waals surface area contributed by atoms with Gasteiger partial charge < -0.3 is 0 Å². The molecule has 0 fully saturated rings. The minimum absolute atomic E-state index is 1.18. The van der Waals surface area contributed by atoms with Gasteiger partial charge in [0.15, 0.2) is 0 Å². The first kappa shape index (κ1) is 8.69. The van der Waals surface area contributed by atoms with E-state index in [9.17, 15) is 0 Å². The van der Waals surface area contributed by atoms with E-state index < -0.39 is 0 Å². The van der Waals surface area contributed by atoms with E-state index in [2.05, 4.69) is 47.8 Å². The van der Waals surface area contributed by atoms with E-state index in [0.29, 0.717) is 0 Å². The number of benzene rings is 1. The lowest BCUT2D eigenvalue weighted by Crippen LogP contribution is -1.75. The summed E-state index contributed by atoms with van der Waals surface area (Å²) in [7, 11) is 0. The van der Waals surface area contributed by atoms with Crippen LogP contribution in [-0.2, 0) is 0 Å². The van der Waals surface area contributed by atoms with Crippen LogP contribution in [-0.4, -0.2) is 0 Å². The maximum atomic E-state index is 3.27. The van der Waals surface area contributed by atoms with Crippen LogP contribution in [0.5, 0.6) is 0 Å². The molecular weight excluding hydrogens is 200 g/mol. The molecule has 1 heteroatoms. The molecule has 1 heterocycles. The minimum Gasteiger partial charge on any atom is -0.143 e. The summed E-state index contributed by atoms with van der Waals surface area (Å²) in [5, 5.41) is 2.12. The molecule has 0 N–H and O–H groups in total. The predicted octanol–water partition coefficient (Wildman–Crippen LogP) is 4.32. The van der Waals surface area contributed by atoms with Crippen molar-refractivity contribution < 1.29 is 0 Å². The molecule has 0 aromatic heterocycles. The summed E-state index contributed by atoms with van der Waals surface area (Å²) in [6.45, 7) is 0. The zero-order valence-corrected chi connectivity index (χ0v) is 8.92. The Hall–Kier alpha value is -1.60. The summed E-state index contributed by atoms with van der Waals surface area (Å²) >= 11 is 1.79. The van der Waals surface area contributed by atoms with Gasteiger partial charge in [-0.25, -0.2) is 0 Å². The Morgan fingerprint density at radius 3 is 2.80 bits per heavy atom. The average Bonchev–Trinajstić information content (AvgIpc) is 2.74. The van der Waals surface area contributed by atoms with Gasteiger partial charge in [-0.05, 0) is 22.6 Å². The number of hydrogen-bond donors (Lipinski definition) is 0. The molecule has 1 aromatic carbocycles. The summed E-state index contributed by atoms with van der Waals surface area (Å²) in [5.74, 6) is 0. The maximum Gasteiger partial charge on any atom is 0.0421 e. The molecular formula is C14H9S. The fourth-order valence-corrected chi connectivity index (χ4v) is 2.64. The molecule has 0 saturated carbocycles. The first-order chi connectivity index (χ1) is 7.45. The second-order valence-corrected chi connectivity index (χ2v) is 4.34. The van der Waals surface area contributed by atoms with Crippen LogP contribution in [0.2, 0.25) is 0 Å². The van der Waals surface area contributed by atoms with Gasteiger partial charge in [-0.1, -0.05) is 48.5 Å². The SMILES string of the molecule is [c]1ccccc1-c1ccc2cccsc1-2. The molecule has 0 bridgehead atoms. The van der Waals surface area contributed by atoms with Gasteiger partial charge in [-0.2, -0.15) is 0 Å². The third-order valence-electron chi connectivity index (χ3n) is 2.48. The van der Waals surface area contributed by atoms with Crippen LogP contribution in [0.4, 0.5) is 0 Å². The first-order valence-electron chi connectivity index (χ1n) is 4.88. The second-order valence-electron chi connectivity index (χ2n) is 3.42. The molecule has 1 aliphatic carbocycles. The molecule has 1 aliphatic heterocycles. The summed E-state index contributed by atoms with van der Waals surface area (Å²) in [5.41, 5.74) is 3.78. The molecule has 0 saturated heterocycles. The highest BCUT2D eigenvalue weighted by Crippen LogP contribution is 2.37. The fourth-order valence-electron chi connectivity index (χ4n) is 1.77. The molecule has 2 aliphatic rings. The van der Waals surface area contributed by atoms with Crippen molar-refractivity contribution in [2.75, 3.05) is 0 Å². The molecule has 0 nitrogen and oxygen atoms in total. The molecule has 1 aromatic rings. The van der Waals surface area contributed by atoms with Crippen LogP contribution >= 0.6 is 11.3 Å². The Kier molecular flexibility index (Phi) is 2.04. The van der Waals surface area contributed by atoms with Gasteiger partial charge in [-0.15, -0.1) is 11.3 Å². The molecule has 3 rings (SSSR count). The molecule has 1 radical (unpaired) electrons. The topological polar surface area (TPSA) is 0 Å². The van der Waals surface area contributed by atoms with Crippen molar-refractivity contribution in [3.05, 3.63) is 60.0 Å². The molecule has 0 amide bonds. The maximum absolute atomic E-state index is 3.27. The van der Waals surface area contributed by atoms with Crippen molar-refractivity contribution in [1.82, 2.24) is 0 Å². The van der Waals surface area contributed by atoms with Crippen LogP contribution < -0.4 is 0 Å². The van der Waals surface area contributed by atoms with Crippen LogP contribution in [0.15, 0.2) is 53.9 Å².